The first-order valence-corrected chi connectivity index (χ1v) is 9.73. The monoisotopic (exact) mass is 355 g/mol. The Morgan fingerprint density at radius 2 is 1.85 bits per heavy atom. The molecule has 26 heavy (non-hydrogen) atoms. The van der Waals surface area contributed by atoms with E-state index in [1.54, 1.807) is 0 Å². The SMILES string of the molecule is NCc1ccccc1CN1C(=O)C2CCCN2C=C1N1CCCC(N)C1. The zero-order chi connectivity index (χ0) is 18.1. The van der Waals surface area contributed by atoms with Crippen LogP contribution in [0.1, 0.15) is 36.8 Å². The summed E-state index contributed by atoms with van der Waals surface area (Å²) in [5.41, 5.74) is 14.4. The summed E-state index contributed by atoms with van der Waals surface area (Å²) in [6.45, 7) is 3.80. The first kappa shape index (κ1) is 17.4. The third-order valence-corrected chi connectivity index (χ3v) is 5.85. The number of amides is 1. The van der Waals surface area contributed by atoms with Gasteiger partial charge in [0.1, 0.15) is 11.9 Å². The van der Waals surface area contributed by atoms with Crippen LogP contribution in [0.5, 0.6) is 0 Å². The van der Waals surface area contributed by atoms with Crippen molar-refractivity contribution in [2.45, 2.75) is 50.9 Å². The number of carbonyl (C=O) groups is 1. The average molecular weight is 355 g/mol. The summed E-state index contributed by atoms with van der Waals surface area (Å²) in [6.07, 6.45) is 6.34. The van der Waals surface area contributed by atoms with Gasteiger partial charge in [0.05, 0.1) is 6.54 Å². The summed E-state index contributed by atoms with van der Waals surface area (Å²) in [5, 5.41) is 0. The van der Waals surface area contributed by atoms with E-state index in [9.17, 15) is 4.79 Å². The summed E-state index contributed by atoms with van der Waals surface area (Å²) in [6, 6.07) is 8.31. The summed E-state index contributed by atoms with van der Waals surface area (Å²) < 4.78 is 0. The number of likely N-dealkylation sites (tertiary alicyclic amines) is 1. The van der Waals surface area contributed by atoms with Crippen LogP contribution in [0.25, 0.3) is 0 Å². The Labute approximate surface area is 155 Å². The van der Waals surface area contributed by atoms with Crippen molar-refractivity contribution in [3.63, 3.8) is 0 Å². The molecule has 0 saturated carbocycles. The number of piperidine rings is 1. The zero-order valence-corrected chi connectivity index (χ0v) is 15.3. The lowest BCUT2D eigenvalue weighted by Crippen LogP contribution is -2.54. The van der Waals surface area contributed by atoms with Crippen LogP contribution in [0.4, 0.5) is 0 Å². The van der Waals surface area contributed by atoms with Crippen molar-refractivity contribution in [1.29, 1.82) is 0 Å². The van der Waals surface area contributed by atoms with Gasteiger partial charge in [-0.3, -0.25) is 9.69 Å². The summed E-state index contributed by atoms with van der Waals surface area (Å²) >= 11 is 0. The first-order valence-electron chi connectivity index (χ1n) is 9.73. The van der Waals surface area contributed by atoms with Crippen LogP contribution in [0.15, 0.2) is 36.3 Å². The van der Waals surface area contributed by atoms with Gasteiger partial charge in [-0.25, -0.2) is 0 Å². The smallest absolute Gasteiger partial charge is 0.251 e. The van der Waals surface area contributed by atoms with Crippen LogP contribution >= 0.6 is 0 Å². The molecule has 3 heterocycles. The second-order valence-corrected chi connectivity index (χ2v) is 7.63. The number of nitrogens with two attached hydrogens (primary N) is 2. The highest BCUT2D eigenvalue weighted by Gasteiger charge is 2.40. The van der Waals surface area contributed by atoms with Crippen molar-refractivity contribution in [1.82, 2.24) is 14.7 Å². The van der Waals surface area contributed by atoms with Crippen molar-refractivity contribution in [2.24, 2.45) is 11.5 Å². The predicted octanol–water partition coefficient (Wildman–Crippen LogP) is 1.17. The molecule has 1 amide bonds. The molecule has 0 spiro atoms. The minimum absolute atomic E-state index is 0.0118. The number of hydrogen-bond acceptors (Lipinski definition) is 5. The van der Waals surface area contributed by atoms with Crippen LogP contribution in [0, 0.1) is 0 Å². The highest BCUT2D eigenvalue weighted by atomic mass is 16.2. The molecule has 0 radical (unpaired) electrons. The lowest BCUT2D eigenvalue weighted by atomic mass is 10.0. The highest BCUT2D eigenvalue weighted by molar-refractivity contribution is 5.85. The quantitative estimate of drug-likeness (QED) is 0.848. The third kappa shape index (κ3) is 3.19. The van der Waals surface area contributed by atoms with Crippen molar-refractivity contribution >= 4 is 5.91 Å². The molecule has 2 saturated heterocycles. The van der Waals surface area contributed by atoms with E-state index in [1.807, 2.05) is 23.1 Å². The Kier molecular flexibility index (Phi) is 4.87. The van der Waals surface area contributed by atoms with Gasteiger partial charge in [-0.2, -0.15) is 0 Å². The van der Waals surface area contributed by atoms with E-state index in [0.29, 0.717) is 13.1 Å². The Balaban J connectivity index is 1.66. The van der Waals surface area contributed by atoms with Crippen molar-refractivity contribution in [2.75, 3.05) is 19.6 Å². The topological polar surface area (TPSA) is 78.8 Å². The van der Waals surface area contributed by atoms with Gasteiger partial charge in [0.2, 0.25) is 0 Å². The largest absolute Gasteiger partial charge is 0.363 e. The van der Waals surface area contributed by atoms with Crippen LogP contribution < -0.4 is 11.5 Å². The lowest BCUT2D eigenvalue weighted by molar-refractivity contribution is -0.137. The minimum atomic E-state index is -0.0118. The molecule has 3 aliphatic rings. The van der Waals surface area contributed by atoms with Gasteiger partial charge in [-0.1, -0.05) is 24.3 Å². The lowest BCUT2D eigenvalue weighted by Gasteiger charge is -2.44. The third-order valence-electron chi connectivity index (χ3n) is 5.85. The average Bonchev–Trinajstić information content (AvgIpc) is 3.13. The van der Waals surface area contributed by atoms with Crippen molar-refractivity contribution < 1.29 is 4.79 Å². The maximum atomic E-state index is 13.3. The summed E-state index contributed by atoms with van der Waals surface area (Å²) in [5.74, 6) is 1.22. The van der Waals surface area contributed by atoms with Gasteiger partial charge in [0.15, 0.2) is 0 Å². The fraction of sp³-hybridized carbons (Fsp3) is 0.550. The second-order valence-electron chi connectivity index (χ2n) is 7.63. The van der Waals surface area contributed by atoms with Gasteiger partial charge in [0, 0.05) is 38.4 Å². The maximum absolute atomic E-state index is 13.3. The van der Waals surface area contributed by atoms with Gasteiger partial charge in [-0.05, 0) is 36.8 Å². The Hall–Kier alpha value is -2.05. The van der Waals surface area contributed by atoms with Gasteiger partial charge in [0.25, 0.3) is 5.91 Å². The molecule has 4 N–H and O–H groups in total. The Bertz CT molecular complexity index is 703. The molecule has 6 heteroatoms. The Morgan fingerprint density at radius 3 is 2.62 bits per heavy atom. The van der Waals surface area contributed by atoms with Crippen LogP contribution in [0.3, 0.4) is 0 Å². The number of carbonyl (C=O) groups excluding carboxylic acids is 1. The molecular formula is C20H29N5O. The number of rotatable bonds is 4. The molecule has 6 nitrogen and oxygen atoms in total. The van der Waals surface area contributed by atoms with E-state index in [0.717, 1.165) is 62.3 Å². The summed E-state index contributed by atoms with van der Waals surface area (Å²) in [4.78, 5) is 19.8. The normalized spacial score (nSPS) is 26.2. The van der Waals surface area contributed by atoms with E-state index in [-0.39, 0.29) is 18.0 Å². The molecule has 0 aliphatic carbocycles. The maximum Gasteiger partial charge on any atom is 0.251 e. The second kappa shape index (κ2) is 7.29. The molecule has 1 aromatic carbocycles. The van der Waals surface area contributed by atoms with Crippen molar-refractivity contribution in [3.8, 4) is 0 Å². The highest BCUT2D eigenvalue weighted by Crippen LogP contribution is 2.31. The van der Waals surface area contributed by atoms with Crippen LogP contribution in [0.2, 0.25) is 0 Å². The standard InChI is InChI=1S/C20H29N5O/c21-11-15-5-1-2-6-16(15)12-25-19(24-10-3-7-17(22)13-24)14-23-9-4-8-18(23)20(25)26/h1-2,5-6,14,17-18H,3-4,7-13,21-22H2. The van der Waals surface area contributed by atoms with Gasteiger partial charge < -0.3 is 21.3 Å². The number of nitrogens with zero attached hydrogens (tertiary/aromatic N) is 3. The fourth-order valence-corrected chi connectivity index (χ4v) is 4.43. The van der Waals surface area contributed by atoms with E-state index in [2.05, 4.69) is 22.1 Å². The van der Waals surface area contributed by atoms with E-state index < -0.39 is 0 Å². The van der Waals surface area contributed by atoms with E-state index >= 15 is 0 Å². The number of benzene rings is 1. The molecule has 0 aromatic heterocycles. The van der Waals surface area contributed by atoms with Crippen molar-refractivity contribution in [3.05, 3.63) is 47.4 Å². The molecule has 3 aliphatic heterocycles. The first-order chi connectivity index (χ1) is 12.7. The summed E-state index contributed by atoms with van der Waals surface area (Å²) in [7, 11) is 0. The molecular weight excluding hydrogens is 326 g/mol. The Morgan fingerprint density at radius 1 is 1.08 bits per heavy atom. The van der Waals surface area contributed by atoms with Crippen LogP contribution in [-0.4, -0.2) is 52.3 Å². The molecule has 140 valence electrons. The number of fused-ring (bicyclic) bond motifs is 1. The predicted molar refractivity (Wildman–Crippen MR) is 101 cm³/mol. The fourth-order valence-electron chi connectivity index (χ4n) is 4.43. The molecule has 2 fully saturated rings. The zero-order valence-electron chi connectivity index (χ0n) is 15.3. The number of hydrogen-bond donors (Lipinski definition) is 2. The molecule has 4 rings (SSSR count). The molecule has 2 atom stereocenters. The van der Waals surface area contributed by atoms with Gasteiger partial charge in [-0.15, -0.1) is 0 Å². The van der Waals surface area contributed by atoms with Crippen LogP contribution in [-0.2, 0) is 17.9 Å². The van der Waals surface area contributed by atoms with E-state index in [4.69, 9.17) is 11.5 Å². The molecule has 0 bridgehead atoms. The van der Waals surface area contributed by atoms with E-state index in [1.165, 1.54) is 0 Å². The minimum Gasteiger partial charge on any atom is -0.363 e. The molecule has 1 aromatic rings. The molecule has 2 unspecified atom stereocenters. The van der Waals surface area contributed by atoms with Gasteiger partial charge >= 0.3 is 0 Å².